The molecule has 2 aromatic carbocycles. The second kappa shape index (κ2) is 8.40. The molecule has 0 N–H and O–H groups in total. The molecular weight excluding hydrogens is 354 g/mol. The van der Waals surface area contributed by atoms with Gasteiger partial charge >= 0.3 is 5.97 Å². The second-order valence-electron chi connectivity index (χ2n) is 7.06. The Kier molecular flexibility index (Phi) is 5.53. The molecule has 0 bridgehead atoms. The molecule has 1 aliphatic rings. The highest BCUT2D eigenvalue weighted by Crippen LogP contribution is 2.24. The second-order valence-corrected chi connectivity index (χ2v) is 7.06. The number of ether oxygens (including phenoxy) is 1. The van der Waals surface area contributed by atoms with Crippen LogP contribution in [-0.2, 0) is 4.74 Å². The van der Waals surface area contributed by atoms with Crippen molar-refractivity contribution < 1.29 is 13.9 Å². The van der Waals surface area contributed by atoms with Gasteiger partial charge < -0.3 is 9.15 Å². The molecule has 1 fully saturated rings. The SMILES string of the molecule is O=C(OCCN1CCCCC1)c1cccc2c(=O)cc(-c3ccccc3)oc12. The first kappa shape index (κ1) is 18.4. The molecule has 28 heavy (non-hydrogen) atoms. The number of benzene rings is 2. The molecule has 0 aliphatic carbocycles. The van der Waals surface area contributed by atoms with E-state index >= 15 is 0 Å². The number of hydrogen-bond donors (Lipinski definition) is 0. The van der Waals surface area contributed by atoms with Gasteiger partial charge in [0.2, 0.25) is 0 Å². The Morgan fingerprint density at radius 1 is 1.00 bits per heavy atom. The first-order valence-electron chi connectivity index (χ1n) is 9.74. The zero-order valence-electron chi connectivity index (χ0n) is 15.7. The fourth-order valence-corrected chi connectivity index (χ4v) is 3.61. The zero-order valence-corrected chi connectivity index (χ0v) is 15.7. The van der Waals surface area contributed by atoms with E-state index in [0.717, 1.165) is 25.2 Å². The average molecular weight is 377 g/mol. The average Bonchev–Trinajstić information content (AvgIpc) is 2.74. The summed E-state index contributed by atoms with van der Waals surface area (Å²) < 4.78 is 11.4. The predicted octanol–water partition coefficient (Wildman–Crippen LogP) is 4.10. The monoisotopic (exact) mass is 377 g/mol. The van der Waals surface area contributed by atoms with Crippen molar-refractivity contribution in [1.29, 1.82) is 0 Å². The van der Waals surface area contributed by atoms with E-state index in [2.05, 4.69) is 4.90 Å². The molecule has 0 saturated carbocycles. The summed E-state index contributed by atoms with van der Waals surface area (Å²) >= 11 is 0. The van der Waals surface area contributed by atoms with Gasteiger partial charge in [-0.2, -0.15) is 0 Å². The van der Waals surface area contributed by atoms with Gasteiger partial charge in [0.15, 0.2) is 11.0 Å². The molecule has 5 heteroatoms. The van der Waals surface area contributed by atoms with E-state index in [9.17, 15) is 9.59 Å². The van der Waals surface area contributed by atoms with Gasteiger partial charge in [0.1, 0.15) is 17.9 Å². The molecule has 0 unspecified atom stereocenters. The van der Waals surface area contributed by atoms with Crippen LogP contribution in [0.15, 0.2) is 63.8 Å². The summed E-state index contributed by atoms with van der Waals surface area (Å²) in [6, 6.07) is 15.8. The number of para-hydroxylation sites is 1. The number of likely N-dealkylation sites (tertiary alicyclic amines) is 1. The van der Waals surface area contributed by atoms with Crippen molar-refractivity contribution in [1.82, 2.24) is 4.90 Å². The molecular formula is C23H23NO4. The van der Waals surface area contributed by atoms with Crippen molar-refractivity contribution in [3.8, 4) is 11.3 Å². The van der Waals surface area contributed by atoms with E-state index in [4.69, 9.17) is 9.15 Å². The van der Waals surface area contributed by atoms with Crippen LogP contribution in [0.3, 0.4) is 0 Å². The molecule has 1 aliphatic heterocycles. The summed E-state index contributed by atoms with van der Waals surface area (Å²) in [6.07, 6.45) is 3.67. The van der Waals surface area contributed by atoms with E-state index in [1.165, 1.54) is 25.3 Å². The minimum Gasteiger partial charge on any atom is -0.461 e. The van der Waals surface area contributed by atoms with Gasteiger partial charge in [0, 0.05) is 18.2 Å². The number of piperidine rings is 1. The lowest BCUT2D eigenvalue weighted by Gasteiger charge is -2.25. The number of carbonyl (C=O) groups is 1. The topological polar surface area (TPSA) is 59.8 Å². The normalized spacial score (nSPS) is 14.9. The minimum absolute atomic E-state index is 0.178. The minimum atomic E-state index is -0.462. The largest absolute Gasteiger partial charge is 0.461 e. The number of carbonyl (C=O) groups excluding carboxylic acids is 1. The molecule has 1 aromatic heterocycles. The van der Waals surface area contributed by atoms with Crippen LogP contribution in [0.1, 0.15) is 29.6 Å². The fourth-order valence-electron chi connectivity index (χ4n) is 3.61. The van der Waals surface area contributed by atoms with Crippen LogP contribution in [-0.4, -0.2) is 37.1 Å². The molecule has 0 atom stereocenters. The van der Waals surface area contributed by atoms with Crippen LogP contribution in [0.2, 0.25) is 0 Å². The van der Waals surface area contributed by atoms with Crippen LogP contribution in [0.25, 0.3) is 22.3 Å². The van der Waals surface area contributed by atoms with Crippen molar-refractivity contribution in [3.05, 3.63) is 70.4 Å². The van der Waals surface area contributed by atoms with Gasteiger partial charge in [-0.05, 0) is 38.1 Å². The lowest BCUT2D eigenvalue weighted by molar-refractivity contribution is 0.0453. The molecule has 0 radical (unpaired) electrons. The van der Waals surface area contributed by atoms with E-state index in [1.807, 2.05) is 30.3 Å². The summed E-state index contributed by atoms with van der Waals surface area (Å²) in [7, 11) is 0. The number of esters is 1. The lowest BCUT2D eigenvalue weighted by atomic mass is 10.1. The van der Waals surface area contributed by atoms with E-state index in [0.29, 0.717) is 17.8 Å². The maximum Gasteiger partial charge on any atom is 0.342 e. The van der Waals surface area contributed by atoms with Gasteiger partial charge in [0.05, 0.1) is 5.39 Å². The van der Waals surface area contributed by atoms with Gasteiger partial charge in [-0.25, -0.2) is 4.79 Å². The van der Waals surface area contributed by atoms with Crippen molar-refractivity contribution in [2.24, 2.45) is 0 Å². The highest BCUT2D eigenvalue weighted by atomic mass is 16.5. The summed E-state index contributed by atoms with van der Waals surface area (Å²) in [5, 5.41) is 0.380. The standard InChI is InChI=1S/C23H23NO4/c25-20-16-21(17-8-3-1-4-9-17)28-22-18(20)10-7-11-19(22)23(26)27-15-14-24-12-5-2-6-13-24/h1,3-4,7-11,16H,2,5-6,12-15H2. The third-order valence-corrected chi connectivity index (χ3v) is 5.12. The van der Waals surface area contributed by atoms with E-state index < -0.39 is 5.97 Å². The van der Waals surface area contributed by atoms with Crippen molar-refractivity contribution >= 4 is 16.9 Å². The number of rotatable bonds is 5. The summed E-state index contributed by atoms with van der Waals surface area (Å²) in [6.45, 7) is 3.18. The van der Waals surface area contributed by atoms with Crippen LogP contribution >= 0.6 is 0 Å². The van der Waals surface area contributed by atoms with Crippen LogP contribution in [0, 0.1) is 0 Å². The Morgan fingerprint density at radius 3 is 2.57 bits per heavy atom. The maximum atomic E-state index is 12.7. The van der Waals surface area contributed by atoms with E-state index in [1.54, 1.807) is 18.2 Å². The van der Waals surface area contributed by atoms with Crippen molar-refractivity contribution in [2.45, 2.75) is 19.3 Å². The summed E-state index contributed by atoms with van der Waals surface area (Å²) in [5.74, 6) is -0.0253. The highest BCUT2D eigenvalue weighted by molar-refractivity contribution is 6.02. The molecule has 1 saturated heterocycles. The Balaban J connectivity index is 1.58. The Labute approximate surface area is 163 Å². The molecule has 3 aromatic rings. The zero-order chi connectivity index (χ0) is 19.3. The highest BCUT2D eigenvalue weighted by Gasteiger charge is 2.17. The lowest BCUT2D eigenvalue weighted by Crippen LogP contribution is -2.33. The van der Waals surface area contributed by atoms with Gasteiger partial charge in [0.25, 0.3) is 0 Å². The first-order valence-corrected chi connectivity index (χ1v) is 9.74. The molecule has 4 rings (SSSR count). The van der Waals surface area contributed by atoms with Gasteiger partial charge in [-0.15, -0.1) is 0 Å². The Morgan fingerprint density at radius 2 is 1.79 bits per heavy atom. The first-order chi connectivity index (χ1) is 13.7. The molecule has 2 heterocycles. The third-order valence-electron chi connectivity index (χ3n) is 5.12. The molecule has 0 amide bonds. The van der Waals surface area contributed by atoms with Crippen LogP contribution in [0.5, 0.6) is 0 Å². The quantitative estimate of drug-likeness (QED) is 0.627. The smallest absolute Gasteiger partial charge is 0.342 e. The van der Waals surface area contributed by atoms with Crippen molar-refractivity contribution in [2.75, 3.05) is 26.2 Å². The maximum absolute atomic E-state index is 12.7. The summed E-state index contributed by atoms with van der Waals surface area (Å²) in [5.41, 5.74) is 1.17. The summed E-state index contributed by atoms with van der Waals surface area (Å²) in [4.78, 5) is 27.5. The van der Waals surface area contributed by atoms with Gasteiger partial charge in [-0.3, -0.25) is 9.69 Å². The van der Waals surface area contributed by atoms with E-state index in [-0.39, 0.29) is 16.6 Å². The van der Waals surface area contributed by atoms with Gasteiger partial charge in [-0.1, -0.05) is 42.8 Å². The molecule has 144 valence electrons. The number of hydrogen-bond acceptors (Lipinski definition) is 5. The van der Waals surface area contributed by atoms with Crippen LogP contribution < -0.4 is 5.43 Å². The third kappa shape index (κ3) is 3.99. The van der Waals surface area contributed by atoms with Crippen molar-refractivity contribution in [3.63, 3.8) is 0 Å². The molecule has 0 spiro atoms. The van der Waals surface area contributed by atoms with Crippen LogP contribution in [0.4, 0.5) is 0 Å². The number of nitrogens with zero attached hydrogens (tertiary/aromatic N) is 1. The predicted molar refractivity (Wildman–Crippen MR) is 108 cm³/mol. The fraction of sp³-hybridized carbons (Fsp3) is 0.304. The Bertz CT molecular complexity index is 1020. The number of fused-ring (bicyclic) bond motifs is 1. The molecule has 5 nitrogen and oxygen atoms in total. The Hall–Kier alpha value is -2.92.